The summed E-state index contributed by atoms with van der Waals surface area (Å²) in [6.07, 6.45) is 2.66. The molecule has 0 saturated carbocycles. The first-order valence-electron chi connectivity index (χ1n) is 9.84. The van der Waals surface area contributed by atoms with Crippen molar-refractivity contribution < 1.29 is 9.53 Å². The monoisotopic (exact) mass is 389 g/mol. The SMILES string of the molecule is Cc1ccc(C(=O)Nc2ccc(NCCc3ccccn3)cc2)c(OC(C)C)c1. The van der Waals surface area contributed by atoms with Crippen molar-refractivity contribution in [1.29, 1.82) is 0 Å². The molecular weight excluding hydrogens is 362 g/mol. The fourth-order valence-corrected chi connectivity index (χ4v) is 2.92. The predicted molar refractivity (Wildman–Crippen MR) is 118 cm³/mol. The van der Waals surface area contributed by atoms with Crippen molar-refractivity contribution in [2.75, 3.05) is 17.2 Å². The molecule has 5 nitrogen and oxygen atoms in total. The highest BCUT2D eigenvalue weighted by Crippen LogP contribution is 2.23. The zero-order valence-corrected chi connectivity index (χ0v) is 17.1. The topological polar surface area (TPSA) is 63.2 Å². The molecule has 5 heteroatoms. The summed E-state index contributed by atoms with van der Waals surface area (Å²) in [6, 6.07) is 19.2. The predicted octanol–water partition coefficient (Wildman–Crippen LogP) is 5.08. The van der Waals surface area contributed by atoms with Gasteiger partial charge >= 0.3 is 0 Å². The molecule has 1 aromatic heterocycles. The maximum Gasteiger partial charge on any atom is 0.259 e. The molecular formula is C24H27N3O2. The second-order valence-corrected chi connectivity index (χ2v) is 7.20. The Labute approximate surface area is 172 Å². The van der Waals surface area contributed by atoms with Crippen LogP contribution in [0, 0.1) is 6.92 Å². The quantitative estimate of drug-likeness (QED) is 0.564. The number of hydrogen-bond donors (Lipinski definition) is 2. The lowest BCUT2D eigenvalue weighted by molar-refractivity contribution is 0.102. The summed E-state index contributed by atoms with van der Waals surface area (Å²) in [7, 11) is 0. The molecule has 0 fully saturated rings. The highest BCUT2D eigenvalue weighted by atomic mass is 16.5. The van der Waals surface area contributed by atoms with Crippen LogP contribution in [0.3, 0.4) is 0 Å². The van der Waals surface area contributed by atoms with E-state index in [0.717, 1.165) is 35.6 Å². The summed E-state index contributed by atoms with van der Waals surface area (Å²) < 4.78 is 5.81. The summed E-state index contributed by atoms with van der Waals surface area (Å²) in [6.45, 7) is 6.67. The van der Waals surface area contributed by atoms with Crippen molar-refractivity contribution in [1.82, 2.24) is 4.98 Å². The van der Waals surface area contributed by atoms with Crippen LogP contribution in [0.15, 0.2) is 66.9 Å². The van der Waals surface area contributed by atoms with Gasteiger partial charge in [-0.1, -0.05) is 12.1 Å². The second-order valence-electron chi connectivity index (χ2n) is 7.20. The molecule has 0 unspecified atom stereocenters. The number of anilines is 2. The number of pyridine rings is 1. The van der Waals surface area contributed by atoms with Crippen molar-refractivity contribution in [3.8, 4) is 5.75 Å². The van der Waals surface area contributed by atoms with E-state index in [-0.39, 0.29) is 12.0 Å². The van der Waals surface area contributed by atoms with Gasteiger partial charge in [0.1, 0.15) is 5.75 Å². The summed E-state index contributed by atoms with van der Waals surface area (Å²) >= 11 is 0. The molecule has 1 heterocycles. The third-order valence-corrected chi connectivity index (χ3v) is 4.32. The molecule has 2 aromatic carbocycles. The van der Waals surface area contributed by atoms with Crippen LogP contribution in [0.4, 0.5) is 11.4 Å². The molecule has 0 bridgehead atoms. The number of rotatable bonds is 8. The summed E-state index contributed by atoms with van der Waals surface area (Å²) in [5, 5.41) is 6.31. The Morgan fingerprint density at radius 1 is 1.03 bits per heavy atom. The van der Waals surface area contributed by atoms with E-state index in [1.54, 1.807) is 12.3 Å². The van der Waals surface area contributed by atoms with Gasteiger partial charge in [-0.3, -0.25) is 9.78 Å². The number of aromatic nitrogens is 1. The fourth-order valence-electron chi connectivity index (χ4n) is 2.92. The lowest BCUT2D eigenvalue weighted by atomic mass is 10.1. The van der Waals surface area contributed by atoms with Crippen LogP contribution in [0.1, 0.15) is 35.5 Å². The first kappa shape index (κ1) is 20.4. The van der Waals surface area contributed by atoms with Crippen LogP contribution >= 0.6 is 0 Å². The van der Waals surface area contributed by atoms with E-state index in [0.29, 0.717) is 11.3 Å². The average molecular weight is 389 g/mol. The number of benzene rings is 2. The zero-order chi connectivity index (χ0) is 20.6. The van der Waals surface area contributed by atoms with Gasteiger partial charge < -0.3 is 15.4 Å². The number of nitrogens with zero attached hydrogens (tertiary/aromatic N) is 1. The fraction of sp³-hybridized carbons (Fsp3) is 0.250. The van der Waals surface area contributed by atoms with Crippen molar-refractivity contribution in [3.63, 3.8) is 0 Å². The third-order valence-electron chi connectivity index (χ3n) is 4.32. The van der Waals surface area contributed by atoms with Crippen LogP contribution in [0.2, 0.25) is 0 Å². The lowest BCUT2D eigenvalue weighted by Crippen LogP contribution is -2.16. The second kappa shape index (κ2) is 9.73. The first-order chi connectivity index (χ1) is 14.0. The van der Waals surface area contributed by atoms with E-state index in [4.69, 9.17) is 4.74 Å². The lowest BCUT2D eigenvalue weighted by Gasteiger charge is -2.15. The van der Waals surface area contributed by atoms with Gasteiger partial charge in [-0.05, 0) is 74.9 Å². The van der Waals surface area contributed by atoms with Gasteiger partial charge in [0.05, 0.1) is 11.7 Å². The molecule has 0 atom stereocenters. The Bertz CT molecular complexity index is 938. The molecule has 0 aliphatic carbocycles. The van der Waals surface area contributed by atoms with Crippen molar-refractivity contribution >= 4 is 17.3 Å². The highest BCUT2D eigenvalue weighted by Gasteiger charge is 2.14. The van der Waals surface area contributed by atoms with E-state index < -0.39 is 0 Å². The van der Waals surface area contributed by atoms with Gasteiger partial charge in [-0.2, -0.15) is 0 Å². The minimum atomic E-state index is -0.184. The maximum absolute atomic E-state index is 12.7. The first-order valence-corrected chi connectivity index (χ1v) is 9.84. The van der Waals surface area contributed by atoms with Gasteiger partial charge in [0, 0.05) is 36.2 Å². The molecule has 0 aliphatic rings. The molecule has 3 aromatic rings. The molecule has 150 valence electrons. The van der Waals surface area contributed by atoms with Crippen LogP contribution in [-0.4, -0.2) is 23.5 Å². The Morgan fingerprint density at radius 3 is 2.48 bits per heavy atom. The molecule has 0 saturated heterocycles. The highest BCUT2D eigenvalue weighted by molar-refractivity contribution is 6.06. The van der Waals surface area contributed by atoms with Gasteiger partial charge in [-0.15, -0.1) is 0 Å². The van der Waals surface area contributed by atoms with Crippen LogP contribution in [-0.2, 0) is 6.42 Å². The maximum atomic E-state index is 12.7. The number of amides is 1. The number of ether oxygens (including phenoxy) is 1. The minimum Gasteiger partial charge on any atom is -0.490 e. The third kappa shape index (κ3) is 6.07. The van der Waals surface area contributed by atoms with E-state index in [9.17, 15) is 4.79 Å². The molecule has 29 heavy (non-hydrogen) atoms. The normalized spacial score (nSPS) is 10.6. The minimum absolute atomic E-state index is 0.000191. The van der Waals surface area contributed by atoms with Crippen LogP contribution < -0.4 is 15.4 Å². The Kier molecular flexibility index (Phi) is 6.85. The smallest absolute Gasteiger partial charge is 0.259 e. The Morgan fingerprint density at radius 2 is 1.79 bits per heavy atom. The molecule has 3 rings (SSSR count). The van der Waals surface area contributed by atoms with Gasteiger partial charge in [0.25, 0.3) is 5.91 Å². The number of nitrogens with one attached hydrogen (secondary N) is 2. The Hall–Kier alpha value is -3.34. The molecule has 2 N–H and O–H groups in total. The molecule has 0 aliphatic heterocycles. The zero-order valence-electron chi connectivity index (χ0n) is 17.1. The number of carbonyl (C=O) groups is 1. The largest absolute Gasteiger partial charge is 0.490 e. The van der Waals surface area contributed by atoms with Crippen molar-refractivity contribution in [2.45, 2.75) is 33.3 Å². The van der Waals surface area contributed by atoms with E-state index in [1.165, 1.54) is 0 Å². The van der Waals surface area contributed by atoms with Crippen molar-refractivity contribution in [3.05, 3.63) is 83.7 Å². The van der Waals surface area contributed by atoms with Gasteiger partial charge in [0.2, 0.25) is 0 Å². The van der Waals surface area contributed by atoms with Gasteiger partial charge in [0.15, 0.2) is 0 Å². The van der Waals surface area contributed by atoms with Gasteiger partial charge in [-0.25, -0.2) is 0 Å². The summed E-state index contributed by atoms with van der Waals surface area (Å²) in [4.78, 5) is 17.0. The number of aryl methyl sites for hydroxylation is 1. The summed E-state index contributed by atoms with van der Waals surface area (Å²) in [5.41, 5.74) is 4.38. The van der Waals surface area contributed by atoms with E-state index >= 15 is 0 Å². The Balaban J connectivity index is 1.59. The number of carbonyl (C=O) groups excluding carboxylic acids is 1. The molecule has 1 amide bonds. The molecule has 0 radical (unpaired) electrons. The van der Waals surface area contributed by atoms with Crippen LogP contribution in [0.25, 0.3) is 0 Å². The standard InChI is InChI=1S/C24H27N3O2/c1-17(2)29-23-16-18(3)7-12-22(23)24(28)27-21-10-8-20(9-11-21)26-15-13-19-6-4-5-14-25-19/h4-12,14,16-17,26H,13,15H2,1-3H3,(H,27,28). The van der Waals surface area contributed by atoms with Crippen molar-refractivity contribution in [2.24, 2.45) is 0 Å². The summed E-state index contributed by atoms with van der Waals surface area (Å²) in [5.74, 6) is 0.418. The number of hydrogen-bond acceptors (Lipinski definition) is 4. The van der Waals surface area contributed by atoms with E-state index in [1.807, 2.05) is 75.4 Å². The molecule has 0 spiro atoms. The van der Waals surface area contributed by atoms with E-state index in [2.05, 4.69) is 15.6 Å². The van der Waals surface area contributed by atoms with Crippen LogP contribution in [0.5, 0.6) is 5.75 Å². The average Bonchev–Trinajstić information content (AvgIpc) is 2.70.